The first-order chi connectivity index (χ1) is 16.7. The van der Waals surface area contributed by atoms with Crippen LogP contribution in [0.25, 0.3) is 0 Å². The minimum absolute atomic E-state index is 0.113. The van der Waals surface area contributed by atoms with E-state index < -0.39 is 12.1 Å². The van der Waals surface area contributed by atoms with Crippen LogP contribution in [0.15, 0.2) is 48.5 Å². The third kappa shape index (κ3) is 4.89. The third-order valence-corrected chi connectivity index (χ3v) is 6.63. The average molecular weight is 479 g/mol. The van der Waals surface area contributed by atoms with Crippen LogP contribution in [0.1, 0.15) is 19.3 Å². The summed E-state index contributed by atoms with van der Waals surface area (Å²) >= 11 is 0. The normalized spacial score (nSPS) is 20.7. The van der Waals surface area contributed by atoms with Crippen LogP contribution in [0.2, 0.25) is 0 Å². The topological polar surface area (TPSA) is 133 Å². The first kappa shape index (κ1) is 24.4. The second kappa shape index (κ2) is 9.85. The molecule has 2 aliphatic rings. The Hall–Kier alpha value is -3.76. The van der Waals surface area contributed by atoms with Crippen LogP contribution in [0.3, 0.4) is 0 Å². The second-order valence-electron chi connectivity index (χ2n) is 9.07. The van der Waals surface area contributed by atoms with Gasteiger partial charge in [-0.05, 0) is 82.1 Å². The number of anilines is 4. The average Bonchev–Trinajstić information content (AvgIpc) is 3.29. The number of carbonyl (C=O) groups is 4. The predicted octanol–water partition coefficient (Wildman–Crippen LogP) is 1.07. The van der Waals surface area contributed by atoms with Gasteiger partial charge in [0.05, 0.1) is 36.3 Å². The van der Waals surface area contributed by atoms with Gasteiger partial charge in [0.15, 0.2) is 0 Å². The Labute approximate surface area is 204 Å². The number of benzene rings is 2. The van der Waals surface area contributed by atoms with Crippen LogP contribution < -0.4 is 21.3 Å². The van der Waals surface area contributed by atoms with Gasteiger partial charge in [-0.15, -0.1) is 0 Å². The van der Waals surface area contributed by atoms with Crippen molar-refractivity contribution in [3.63, 3.8) is 0 Å². The number of imide groups is 2. The molecule has 4 amide bonds. The van der Waals surface area contributed by atoms with E-state index in [1.807, 2.05) is 23.9 Å². The highest BCUT2D eigenvalue weighted by Crippen LogP contribution is 2.27. The maximum absolute atomic E-state index is 12.9. The van der Waals surface area contributed by atoms with Crippen molar-refractivity contribution in [2.24, 2.45) is 0 Å². The molecule has 0 saturated carbocycles. The highest BCUT2D eigenvalue weighted by molar-refractivity contribution is 6.23. The third-order valence-electron chi connectivity index (χ3n) is 6.63. The minimum Gasteiger partial charge on any atom is -0.399 e. The molecule has 0 radical (unpaired) electrons. The molecule has 2 aromatic rings. The van der Waals surface area contributed by atoms with E-state index in [9.17, 15) is 19.2 Å². The number of rotatable bonds is 8. The quantitative estimate of drug-likeness (QED) is 0.425. The lowest BCUT2D eigenvalue weighted by molar-refractivity contribution is -0.124. The number of nitrogen functional groups attached to an aromatic ring is 2. The molecular weight excluding hydrogens is 448 g/mol. The molecule has 2 unspecified atom stereocenters. The van der Waals surface area contributed by atoms with Gasteiger partial charge in [-0.3, -0.25) is 29.0 Å². The maximum Gasteiger partial charge on any atom is 0.251 e. The Morgan fingerprint density at radius 1 is 0.686 bits per heavy atom. The summed E-state index contributed by atoms with van der Waals surface area (Å²) in [6.45, 7) is 1.11. The molecule has 10 heteroatoms. The van der Waals surface area contributed by atoms with E-state index in [1.165, 1.54) is 9.80 Å². The lowest BCUT2D eigenvalue weighted by Crippen LogP contribution is -2.43. The molecule has 2 saturated heterocycles. The Morgan fingerprint density at radius 2 is 1.03 bits per heavy atom. The van der Waals surface area contributed by atoms with Crippen LogP contribution in [0.5, 0.6) is 0 Å². The maximum atomic E-state index is 12.9. The van der Waals surface area contributed by atoms with Crippen LogP contribution in [-0.2, 0) is 19.2 Å². The van der Waals surface area contributed by atoms with Crippen LogP contribution in [0.4, 0.5) is 22.7 Å². The number of hydrogen-bond donors (Lipinski definition) is 2. The fraction of sp³-hybridized carbons (Fsp3) is 0.360. The fourth-order valence-corrected chi connectivity index (χ4v) is 4.59. The molecule has 2 aromatic carbocycles. The Bertz CT molecular complexity index is 1040. The van der Waals surface area contributed by atoms with Gasteiger partial charge < -0.3 is 11.5 Å². The van der Waals surface area contributed by atoms with Gasteiger partial charge in [0.2, 0.25) is 11.8 Å². The predicted molar refractivity (Wildman–Crippen MR) is 133 cm³/mol. The van der Waals surface area contributed by atoms with Gasteiger partial charge in [0.25, 0.3) is 11.8 Å². The van der Waals surface area contributed by atoms with E-state index in [-0.39, 0.29) is 36.5 Å². The summed E-state index contributed by atoms with van der Waals surface area (Å²) in [6, 6.07) is 12.2. The summed E-state index contributed by atoms with van der Waals surface area (Å²) in [5.74, 6) is -1.00. The standard InChI is InChI=1S/C25H30N6O4/c1-28(20-14-22(32)30(24(20)34)18-8-4-16(26)5-9-18)12-3-13-29(2)21-15-23(33)31(25(21)35)19-10-6-17(27)7-11-19/h4-11,20-21H,3,12-15,26-27H2,1-2H3. The first-order valence-electron chi connectivity index (χ1n) is 11.5. The molecule has 35 heavy (non-hydrogen) atoms. The van der Waals surface area contributed by atoms with Gasteiger partial charge >= 0.3 is 0 Å². The second-order valence-corrected chi connectivity index (χ2v) is 9.07. The number of likely N-dealkylation sites (N-methyl/N-ethyl adjacent to an activating group) is 2. The molecule has 0 aromatic heterocycles. The van der Waals surface area contributed by atoms with Crippen LogP contribution >= 0.6 is 0 Å². The Balaban J connectivity index is 1.31. The summed E-state index contributed by atoms with van der Waals surface area (Å²) < 4.78 is 0. The monoisotopic (exact) mass is 478 g/mol. The van der Waals surface area contributed by atoms with E-state index in [0.29, 0.717) is 42.3 Å². The smallest absolute Gasteiger partial charge is 0.251 e. The number of nitrogens with zero attached hydrogens (tertiary/aromatic N) is 4. The molecule has 0 spiro atoms. The number of amides is 4. The van der Waals surface area contributed by atoms with E-state index in [1.54, 1.807) is 48.5 Å². The van der Waals surface area contributed by atoms with Crippen molar-refractivity contribution < 1.29 is 19.2 Å². The highest BCUT2D eigenvalue weighted by Gasteiger charge is 2.43. The van der Waals surface area contributed by atoms with Gasteiger partial charge in [0, 0.05) is 11.4 Å². The van der Waals surface area contributed by atoms with Crippen LogP contribution in [0, 0.1) is 0 Å². The molecule has 0 aliphatic carbocycles. The van der Waals surface area contributed by atoms with Gasteiger partial charge in [-0.2, -0.15) is 0 Å². The summed E-state index contributed by atoms with van der Waals surface area (Å²) in [6.07, 6.45) is 0.885. The van der Waals surface area contributed by atoms with Crippen molar-refractivity contribution >= 4 is 46.4 Å². The molecule has 2 aliphatic heterocycles. The molecule has 0 bridgehead atoms. The van der Waals surface area contributed by atoms with Crippen molar-refractivity contribution in [3.05, 3.63) is 48.5 Å². The van der Waals surface area contributed by atoms with E-state index in [4.69, 9.17) is 11.5 Å². The lowest BCUT2D eigenvalue weighted by atomic mass is 10.2. The SMILES string of the molecule is CN(CCCN(C)C1CC(=O)N(c2ccc(N)cc2)C1=O)C1CC(=O)N(c2ccc(N)cc2)C1=O. The zero-order valence-electron chi connectivity index (χ0n) is 19.9. The highest BCUT2D eigenvalue weighted by atomic mass is 16.2. The van der Waals surface area contributed by atoms with Crippen molar-refractivity contribution in [3.8, 4) is 0 Å². The molecule has 2 atom stereocenters. The van der Waals surface area contributed by atoms with Crippen molar-refractivity contribution in [2.75, 3.05) is 48.5 Å². The number of hydrogen-bond acceptors (Lipinski definition) is 8. The van der Waals surface area contributed by atoms with Crippen molar-refractivity contribution in [1.29, 1.82) is 0 Å². The zero-order chi connectivity index (χ0) is 25.3. The largest absolute Gasteiger partial charge is 0.399 e. The summed E-state index contributed by atoms with van der Waals surface area (Å²) in [7, 11) is 3.63. The molecule has 4 N–H and O–H groups in total. The molecule has 2 heterocycles. The summed E-state index contributed by atoms with van der Waals surface area (Å²) in [5.41, 5.74) is 13.6. The van der Waals surface area contributed by atoms with Gasteiger partial charge in [-0.25, -0.2) is 9.80 Å². The Morgan fingerprint density at radius 3 is 1.37 bits per heavy atom. The summed E-state index contributed by atoms with van der Waals surface area (Å²) in [4.78, 5) is 57.1. The molecular formula is C25H30N6O4. The van der Waals surface area contributed by atoms with Gasteiger partial charge in [0.1, 0.15) is 0 Å². The van der Waals surface area contributed by atoms with Gasteiger partial charge in [-0.1, -0.05) is 0 Å². The number of carbonyl (C=O) groups excluding carboxylic acids is 4. The molecule has 2 fully saturated rings. The summed E-state index contributed by atoms with van der Waals surface area (Å²) in [5, 5.41) is 0. The zero-order valence-corrected chi connectivity index (χ0v) is 19.9. The van der Waals surface area contributed by atoms with Crippen LogP contribution in [-0.4, -0.2) is 72.7 Å². The lowest BCUT2D eigenvalue weighted by Gasteiger charge is -2.26. The van der Waals surface area contributed by atoms with E-state index in [2.05, 4.69) is 0 Å². The molecule has 10 nitrogen and oxygen atoms in total. The van der Waals surface area contributed by atoms with E-state index in [0.717, 1.165) is 0 Å². The Kier molecular flexibility index (Phi) is 6.86. The molecule has 184 valence electrons. The van der Waals surface area contributed by atoms with Crippen molar-refractivity contribution in [1.82, 2.24) is 9.80 Å². The number of nitrogens with two attached hydrogens (primary N) is 2. The van der Waals surface area contributed by atoms with Crippen molar-refractivity contribution in [2.45, 2.75) is 31.3 Å². The molecule has 4 rings (SSSR count). The first-order valence-corrected chi connectivity index (χ1v) is 11.5. The fourth-order valence-electron chi connectivity index (χ4n) is 4.59. The van der Waals surface area contributed by atoms with E-state index >= 15 is 0 Å². The minimum atomic E-state index is -0.541.